The molecule has 0 saturated heterocycles. The van der Waals surface area contributed by atoms with Crippen molar-refractivity contribution in [3.63, 3.8) is 0 Å². The van der Waals surface area contributed by atoms with E-state index in [-0.39, 0.29) is 25.7 Å². The first-order valence-corrected chi connectivity index (χ1v) is 26.8. The van der Waals surface area contributed by atoms with Gasteiger partial charge in [0, 0.05) is 12.8 Å². The van der Waals surface area contributed by atoms with Crippen molar-refractivity contribution in [3.05, 3.63) is 72.9 Å². The normalized spacial score (nSPS) is 23.3. The highest BCUT2D eigenvalue weighted by atomic mass is 31.2. The van der Waals surface area contributed by atoms with Gasteiger partial charge in [0.05, 0.1) is 24.9 Å². The number of hydrogen-bond acceptors (Lipinski definition) is 16. The molecule has 19 nitrogen and oxygen atoms in total. The Kier molecular flexibility index (Phi) is 34.6. The highest BCUT2D eigenvalue weighted by Gasteiger charge is 2.54. The second kappa shape index (κ2) is 37.1. The van der Waals surface area contributed by atoms with Crippen molar-refractivity contribution in [2.45, 2.75) is 197 Å². The van der Waals surface area contributed by atoms with Gasteiger partial charge in [-0.05, 0) is 57.8 Å². The first-order valence-electron chi connectivity index (χ1n) is 23.8. The third-order valence-corrected chi connectivity index (χ3v) is 12.1. The van der Waals surface area contributed by atoms with Crippen LogP contribution < -0.4 is 0 Å². The zero-order valence-corrected chi connectivity index (χ0v) is 41.4. The maximum Gasteiger partial charge on any atom is 0.472 e. The number of aliphatic hydroxyl groups is 7. The molecule has 0 aromatic rings. The van der Waals surface area contributed by atoms with E-state index in [1.807, 2.05) is 0 Å². The van der Waals surface area contributed by atoms with Crippen LogP contribution in [-0.4, -0.2) is 137 Å². The average molecular weight is 1010 g/mol. The molecule has 10 N–H and O–H groups in total. The third kappa shape index (κ3) is 30.8. The lowest BCUT2D eigenvalue weighted by molar-refractivity contribution is -0.216. The number of hydrogen-bond donors (Lipinski definition) is 10. The van der Waals surface area contributed by atoms with Gasteiger partial charge in [-0.15, -0.1) is 0 Å². The molecule has 0 aromatic carbocycles. The lowest BCUT2D eigenvalue weighted by atomic mass is 9.85. The molecule has 392 valence electrons. The zero-order valence-electron chi connectivity index (χ0n) is 39.6. The molecule has 1 rings (SSSR count). The predicted octanol–water partition coefficient (Wildman–Crippen LogP) is 5.75. The van der Waals surface area contributed by atoms with Gasteiger partial charge in [-0.25, -0.2) is 9.13 Å². The van der Waals surface area contributed by atoms with Gasteiger partial charge in [0.15, 0.2) is 6.10 Å². The Bertz CT molecular complexity index is 1640. The first-order chi connectivity index (χ1) is 32.3. The molecule has 68 heavy (non-hydrogen) atoms. The van der Waals surface area contributed by atoms with Crippen LogP contribution in [0.1, 0.15) is 136 Å². The van der Waals surface area contributed by atoms with E-state index in [0.29, 0.717) is 12.8 Å². The van der Waals surface area contributed by atoms with Crippen molar-refractivity contribution in [3.8, 4) is 0 Å². The highest BCUT2D eigenvalue weighted by molar-refractivity contribution is 7.47. The number of ether oxygens (including phenoxy) is 2. The van der Waals surface area contributed by atoms with Crippen LogP contribution in [0, 0.1) is 0 Å². The summed E-state index contributed by atoms with van der Waals surface area (Å²) in [7, 11) is -10.8. The summed E-state index contributed by atoms with van der Waals surface area (Å²) < 4.78 is 49.1. The van der Waals surface area contributed by atoms with Gasteiger partial charge in [0.1, 0.15) is 43.2 Å². The standard InChI is InChI=1S/C47H80O19P2/c1-3-5-7-8-9-10-11-12-13-14-15-16-17-22-26-32-40(51)62-34-37(35-63-68(60,61)66-47-44(55)42(53)43(54)46(45(47)56)65-67(57,58)59)64-41(52)33-27-31-39(50)38(49)30-25-21-19-18-20-24-29-36(48)28-23-6-4-2/h9-10,12-13,18-21,24-25,29-30,36-39,42-50,53-56H,3-8,11,14-17,22-23,26-28,31-35H2,1-2H3,(H,60,61)(H2,57,58,59)/b10-9-,13-12-,20-18-,21-19+,29-24+,30-25+/t36-,37+,38-,39-,42?,43?,44?,45?,46+,47-/m0/s1. The highest BCUT2D eigenvalue weighted by Crippen LogP contribution is 2.49. The van der Waals surface area contributed by atoms with Crippen molar-refractivity contribution < 1.29 is 92.2 Å². The minimum atomic E-state index is -5.41. The molecule has 1 aliphatic carbocycles. The number of esters is 2. The molecule has 1 saturated carbocycles. The minimum absolute atomic E-state index is 0.0192. The lowest BCUT2D eigenvalue weighted by Crippen LogP contribution is -2.64. The van der Waals surface area contributed by atoms with Crippen LogP contribution in [-0.2, 0) is 41.8 Å². The van der Waals surface area contributed by atoms with Gasteiger partial charge in [-0.3, -0.25) is 23.2 Å². The number of phosphoric ester groups is 2. The summed E-state index contributed by atoms with van der Waals surface area (Å²) in [4.78, 5) is 54.3. The molecule has 5 unspecified atom stereocenters. The Labute approximate surface area is 401 Å². The summed E-state index contributed by atoms with van der Waals surface area (Å²) in [5.74, 6) is -1.56. The molecule has 21 heteroatoms. The second-order valence-corrected chi connectivity index (χ2v) is 19.3. The van der Waals surface area contributed by atoms with Gasteiger partial charge < -0.3 is 59.9 Å². The van der Waals surface area contributed by atoms with E-state index in [0.717, 1.165) is 64.2 Å². The van der Waals surface area contributed by atoms with E-state index in [2.05, 4.69) is 42.7 Å². The summed E-state index contributed by atoms with van der Waals surface area (Å²) in [6, 6.07) is 0. The zero-order chi connectivity index (χ0) is 50.8. The summed E-state index contributed by atoms with van der Waals surface area (Å²) in [6.45, 7) is 2.67. The molecule has 1 fully saturated rings. The first kappa shape index (κ1) is 63.3. The number of phosphoric acid groups is 2. The topological polar surface area (TPSA) is 317 Å². The van der Waals surface area contributed by atoms with E-state index >= 15 is 0 Å². The maximum absolute atomic E-state index is 13.0. The fourth-order valence-electron chi connectivity index (χ4n) is 6.73. The molecule has 0 heterocycles. The largest absolute Gasteiger partial charge is 0.472 e. The van der Waals surface area contributed by atoms with Gasteiger partial charge in [-0.1, -0.05) is 138 Å². The predicted molar refractivity (Wildman–Crippen MR) is 254 cm³/mol. The Morgan fingerprint density at radius 2 is 1.12 bits per heavy atom. The van der Waals surface area contributed by atoms with E-state index in [9.17, 15) is 69.1 Å². The van der Waals surface area contributed by atoms with E-state index in [4.69, 9.17) is 18.5 Å². The maximum atomic E-state index is 13.0. The minimum Gasteiger partial charge on any atom is -0.462 e. The SMILES string of the molecule is CCCCC/C=C\C/C=C\CCCCCCCC(=O)OC[C@H](COP(=O)(O)O[C@H]1C(O)C(O)C(O)[C@@H](OP(=O)(O)O)C1O)OC(=O)CCC[C@H](O)[C@@H](O)/C=C/C=C/C=C\C=C\[C@@H](O)CCCCC. The summed E-state index contributed by atoms with van der Waals surface area (Å²) >= 11 is 0. The Morgan fingerprint density at radius 3 is 1.75 bits per heavy atom. The lowest BCUT2D eigenvalue weighted by Gasteiger charge is -2.43. The van der Waals surface area contributed by atoms with Crippen molar-refractivity contribution in [2.24, 2.45) is 0 Å². The number of aliphatic hydroxyl groups excluding tert-OH is 7. The molecule has 0 spiro atoms. The van der Waals surface area contributed by atoms with Crippen LogP contribution in [0.2, 0.25) is 0 Å². The van der Waals surface area contributed by atoms with Gasteiger partial charge in [0.25, 0.3) is 0 Å². The molecular formula is C47H80O19P2. The Hall–Kier alpha value is -2.68. The number of carbonyl (C=O) groups is 2. The van der Waals surface area contributed by atoms with Crippen molar-refractivity contribution in [2.75, 3.05) is 13.2 Å². The van der Waals surface area contributed by atoms with Crippen molar-refractivity contribution in [1.82, 2.24) is 0 Å². The van der Waals surface area contributed by atoms with Gasteiger partial charge >= 0.3 is 27.6 Å². The molecule has 1 aliphatic rings. The van der Waals surface area contributed by atoms with E-state index < -0.39 is 102 Å². The molecule has 0 aliphatic heterocycles. The Balaban J connectivity index is 2.76. The number of carbonyl (C=O) groups excluding carboxylic acids is 2. The fraction of sp³-hybridized carbons (Fsp3) is 0.702. The molecule has 0 aromatic heterocycles. The van der Waals surface area contributed by atoms with Crippen molar-refractivity contribution >= 4 is 27.6 Å². The van der Waals surface area contributed by atoms with Crippen LogP contribution in [0.5, 0.6) is 0 Å². The van der Waals surface area contributed by atoms with Gasteiger partial charge in [0.2, 0.25) is 0 Å². The van der Waals surface area contributed by atoms with Crippen LogP contribution >= 0.6 is 15.6 Å². The second-order valence-electron chi connectivity index (χ2n) is 16.7. The van der Waals surface area contributed by atoms with Crippen LogP contribution in [0.4, 0.5) is 0 Å². The molecule has 0 bridgehead atoms. The average Bonchev–Trinajstić information content (AvgIpc) is 3.28. The van der Waals surface area contributed by atoms with Crippen LogP contribution in [0.3, 0.4) is 0 Å². The number of rotatable bonds is 38. The molecule has 0 radical (unpaired) electrons. The molecule has 0 amide bonds. The summed E-state index contributed by atoms with van der Waals surface area (Å²) in [5, 5.41) is 71.9. The van der Waals surface area contributed by atoms with E-state index in [1.54, 1.807) is 36.5 Å². The van der Waals surface area contributed by atoms with Crippen LogP contribution in [0.15, 0.2) is 72.9 Å². The fourth-order valence-corrected chi connectivity index (χ4v) is 8.27. The smallest absolute Gasteiger partial charge is 0.462 e. The van der Waals surface area contributed by atoms with Crippen molar-refractivity contribution in [1.29, 1.82) is 0 Å². The van der Waals surface area contributed by atoms with Gasteiger partial charge in [-0.2, -0.15) is 0 Å². The number of unbranched alkanes of at least 4 members (excludes halogenated alkanes) is 10. The number of allylic oxidation sites excluding steroid dienone is 10. The summed E-state index contributed by atoms with van der Waals surface area (Å²) in [5.41, 5.74) is 0. The van der Waals surface area contributed by atoms with Crippen LogP contribution in [0.25, 0.3) is 0 Å². The molecule has 11 atom stereocenters. The third-order valence-electron chi connectivity index (χ3n) is 10.6. The monoisotopic (exact) mass is 1010 g/mol. The van der Waals surface area contributed by atoms with E-state index in [1.165, 1.54) is 31.4 Å². The molecular weight excluding hydrogens is 930 g/mol. The summed E-state index contributed by atoms with van der Waals surface area (Å²) in [6.07, 6.45) is 17.7. The quantitative estimate of drug-likeness (QED) is 0.0116. The Morgan fingerprint density at radius 1 is 0.574 bits per heavy atom.